The molecule has 2 nitrogen and oxygen atoms in total. The zero-order valence-corrected chi connectivity index (χ0v) is 12.5. The van der Waals surface area contributed by atoms with Crippen LogP contribution < -0.4 is 5.32 Å². The summed E-state index contributed by atoms with van der Waals surface area (Å²) >= 11 is 2.00. The number of hydrogen-bond donors (Lipinski definition) is 2. The molecule has 1 aromatic carbocycles. The molecular formula is C15H25NOS. The number of hydrogen-bond acceptors (Lipinski definition) is 3. The van der Waals surface area contributed by atoms with E-state index in [0.29, 0.717) is 17.0 Å². The Labute approximate surface area is 115 Å². The molecule has 0 saturated carbocycles. The van der Waals surface area contributed by atoms with Crippen LogP contribution in [0.3, 0.4) is 0 Å². The van der Waals surface area contributed by atoms with Gasteiger partial charge in [-0.05, 0) is 42.3 Å². The molecule has 0 radical (unpaired) electrons. The van der Waals surface area contributed by atoms with E-state index in [1.54, 1.807) is 12.1 Å². The van der Waals surface area contributed by atoms with E-state index in [4.69, 9.17) is 0 Å². The lowest BCUT2D eigenvalue weighted by atomic mass is 10.1. The zero-order valence-electron chi connectivity index (χ0n) is 11.6. The highest BCUT2D eigenvalue weighted by molar-refractivity contribution is 7.99. The summed E-state index contributed by atoms with van der Waals surface area (Å²) in [5.74, 6) is 1.48. The van der Waals surface area contributed by atoms with Gasteiger partial charge in [-0.15, -0.1) is 0 Å². The molecule has 1 rings (SSSR count). The highest BCUT2D eigenvalue weighted by Gasteiger charge is 2.10. The maximum absolute atomic E-state index is 9.29. The van der Waals surface area contributed by atoms with Crippen molar-refractivity contribution in [3.05, 3.63) is 29.8 Å². The van der Waals surface area contributed by atoms with Crippen molar-refractivity contribution in [2.45, 2.75) is 44.9 Å². The molecule has 0 heterocycles. The van der Waals surface area contributed by atoms with Crippen molar-refractivity contribution >= 4 is 11.8 Å². The quantitative estimate of drug-likeness (QED) is 0.756. The van der Waals surface area contributed by atoms with Gasteiger partial charge < -0.3 is 10.4 Å². The van der Waals surface area contributed by atoms with Gasteiger partial charge in [0.15, 0.2) is 0 Å². The minimum Gasteiger partial charge on any atom is -0.508 e. The second-order valence-electron chi connectivity index (χ2n) is 4.90. The summed E-state index contributed by atoms with van der Waals surface area (Å²) in [6, 6.07) is 8.07. The van der Waals surface area contributed by atoms with Gasteiger partial charge in [0.2, 0.25) is 0 Å². The number of nitrogens with one attached hydrogen (secondary N) is 1. The second kappa shape index (κ2) is 8.44. The molecule has 0 aliphatic carbocycles. The number of benzene rings is 1. The maximum atomic E-state index is 9.29. The van der Waals surface area contributed by atoms with Gasteiger partial charge in [-0.2, -0.15) is 11.8 Å². The Balaban J connectivity index is 2.50. The predicted octanol–water partition coefficient (Wildman–Crippen LogP) is 3.44. The molecule has 1 atom stereocenters. The monoisotopic (exact) mass is 267 g/mol. The minimum absolute atomic E-state index is 0.341. The van der Waals surface area contributed by atoms with E-state index in [1.165, 1.54) is 12.0 Å². The smallest absolute Gasteiger partial charge is 0.115 e. The summed E-state index contributed by atoms with van der Waals surface area (Å²) in [5.41, 5.74) is 1.28. The average Bonchev–Trinajstić information content (AvgIpc) is 2.35. The zero-order chi connectivity index (χ0) is 13.4. The summed E-state index contributed by atoms with van der Waals surface area (Å²) in [6.07, 6.45) is 2.19. The van der Waals surface area contributed by atoms with Gasteiger partial charge in [-0.3, -0.25) is 0 Å². The maximum Gasteiger partial charge on any atom is 0.115 e. The molecule has 1 aromatic rings. The molecule has 0 spiro atoms. The fourth-order valence-electron chi connectivity index (χ4n) is 1.76. The normalized spacial score (nSPS) is 12.9. The van der Waals surface area contributed by atoms with E-state index in [2.05, 4.69) is 26.1 Å². The van der Waals surface area contributed by atoms with Crippen LogP contribution >= 0.6 is 11.8 Å². The van der Waals surface area contributed by atoms with Crippen molar-refractivity contribution in [3.8, 4) is 5.75 Å². The fourth-order valence-corrected chi connectivity index (χ4v) is 2.62. The van der Waals surface area contributed by atoms with Crippen LogP contribution in [0.5, 0.6) is 5.75 Å². The summed E-state index contributed by atoms with van der Waals surface area (Å²) < 4.78 is 0. The summed E-state index contributed by atoms with van der Waals surface area (Å²) in [7, 11) is 0. The lowest BCUT2D eigenvalue weighted by molar-refractivity contribution is 0.474. The first-order chi connectivity index (χ1) is 8.61. The van der Waals surface area contributed by atoms with Crippen LogP contribution in [0.15, 0.2) is 24.3 Å². The predicted molar refractivity (Wildman–Crippen MR) is 81.5 cm³/mol. The van der Waals surface area contributed by atoms with Gasteiger partial charge in [0.05, 0.1) is 0 Å². The molecular weight excluding hydrogens is 242 g/mol. The third-order valence-corrected chi connectivity index (χ3v) is 3.99. The number of rotatable bonds is 8. The highest BCUT2D eigenvalue weighted by atomic mass is 32.2. The van der Waals surface area contributed by atoms with Gasteiger partial charge in [0.1, 0.15) is 5.75 Å². The molecule has 102 valence electrons. The molecule has 1 unspecified atom stereocenters. The van der Waals surface area contributed by atoms with Gasteiger partial charge >= 0.3 is 0 Å². The molecule has 0 aliphatic rings. The lowest BCUT2D eigenvalue weighted by Crippen LogP contribution is -2.34. The molecule has 3 heteroatoms. The molecule has 0 saturated heterocycles. The second-order valence-corrected chi connectivity index (χ2v) is 6.51. The van der Waals surface area contributed by atoms with Crippen molar-refractivity contribution < 1.29 is 5.11 Å². The molecule has 0 aliphatic heterocycles. The Bertz CT molecular complexity index is 324. The van der Waals surface area contributed by atoms with E-state index < -0.39 is 0 Å². The van der Waals surface area contributed by atoms with Crippen molar-refractivity contribution in [2.75, 3.05) is 12.3 Å². The van der Waals surface area contributed by atoms with Crippen molar-refractivity contribution in [1.82, 2.24) is 5.32 Å². The van der Waals surface area contributed by atoms with E-state index in [-0.39, 0.29) is 0 Å². The van der Waals surface area contributed by atoms with Gasteiger partial charge in [-0.1, -0.05) is 32.9 Å². The number of phenolic OH excluding ortho intramolecular Hbond substituents is 1. The highest BCUT2D eigenvalue weighted by Crippen LogP contribution is 2.15. The van der Waals surface area contributed by atoms with Crippen molar-refractivity contribution in [2.24, 2.45) is 0 Å². The third-order valence-electron chi connectivity index (χ3n) is 2.73. The van der Waals surface area contributed by atoms with Crippen LogP contribution in [-0.4, -0.2) is 28.7 Å². The summed E-state index contributed by atoms with van der Waals surface area (Å²) in [4.78, 5) is 0. The first-order valence-corrected chi connectivity index (χ1v) is 7.79. The van der Waals surface area contributed by atoms with Gasteiger partial charge in [-0.25, -0.2) is 0 Å². The molecule has 0 bridgehead atoms. The third kappa shape index (κ3) is 6.31. The van der Waals surface area contributed by atoms with Crippen LogP contribution in [0.1, 0.15) is 32.8 Å². The van der Waals surface area contributed by atoms with E-state index in [9.17, 15) is 5.11 Å². The topological polar surface area (TPSA) is 32.3 Å². The Morgan fingerprint density at radius 2 is 1.89 bits per heavy atom. The van der Waals surface area contributed by atoms with Crippen LogP contribution in [0.25, 0.3) is 0 Å². The molecule has 0 fully saturated rings. The molecule has 0 aromatic heterocycles. The largest absolute Gasteiger partial charge is 0.508 e. The van der Waals surface area contributed by atoms with E-state index in [0.717, 1.165) is 18.7 Å². The first-order valence-electron chi connectivity index (χ1n) is 6.74. The summed E-state index contributed by atoms with van der Waals surface area (Å²) in [5, 5.41) is 13.6. The summed E-state index contributed by atoms with van der Waals surface area (Å²) in [6.45, 7) is 7.74. The van der Waals surface area contributed by atoms with Gasteiger partial charge in [0, 0.05) is 11.8 Å². The van der Waals surface area contributed by atoms with Crippen molar-refractivity contribution in [3.63, 3.8) is 0 Å². The van der Waals surface area contributed by atoms with Gasteiger partial charge in [0.25, 0.3) is 0 Å². The minimum atomic E-state index is 0.341. The Morgan fingerprint density at radius 3 is 2.44 bits per heavy atom. The molecule has 18 heavy (non-hydrogen) atoms. The van der Waals surface area contributed by atoms with Crippen LogP contribution in [0, 0.1) is 0 Å². The SMILES string of the molecule is CCCNC(CSC(C)C)Cc1ccc(O)cc1. The van der Waals surface area contributed by atoms with Crippen LogP contribution in [-0.2, 0) is 6.42 Å². The first kappa shape index (κ1) is 15.4. The Hall–Kier alpha value is -0.670. The molecule has 2 N–H and O–H groups in total. The van der Waals surface area contributed by atoms with E-state index >= 15 is 0 Å². The van der Waals surface area contributed by atoms with Crippen molar-refractivity contribution in [1.29, 1.82) is 0 Å². The van der Waals surface area contributed by atoms with E-state index in [1.807, 2.05) is 23.9 Å². The van der Waals surface area contributed by atoms with Crippen LogP contribution in [0.4, 0.5) is 0 Å². The Morgan fingerprint density at radius 1 is 1.22 bits per heavy atom. The number of aromatic hydroxyl groups is 1. The van der Waals surface area contributed by atoms with Crippen LogP contribution in [0.2, 0.25) is 0 Å². The average molecular weight is 267 g/mol. The Kier molecular flexibility index (Phi) is 7.21. The molecule has 0 amide bonds. The lowest BCUT2D eigenvalue weighted by Gasteiger charge is -2.19. The number of phenols is 1. The number of thioether (sulfide) groups is 1. The fraction of sp³-hybridized carbons (Fsp3) is 0.600. The standard InChI is InChI=1S/C15H25NOS/c1-4-9-16-14(11-18-12(2)3)10-13-5-7-15(17)8-6-13/h5-8,12,14,16-17H,4,9-11H2,1-3H3.